The van der Waals surface area contributed by atoms with Crippen LogP contribution >= 0.6 is 0 Å². The number of rotatable bonds is 0. The van der Waals surface area contributed by atoms with Crippen LogP contribution in [0.4, 0.5) is 0 Å². The largest absolute Gasteiger partial charge is 0.289 e. The molecular formula is C8H16N2. The van der Waals surface area contributed by atoms with E-state index in [0.717, 1.165) is 6.42 Å². The molecular weight excluding hydrogens is 124 g/mol. The Labute approximate surface area is 62.9 Å². The number of hydrogen-bond acceptors (Lipinski definition) is 2. The van der Waals surface area contributed by atoms with E-state index in [0.29, 0.717) is 6.04 Å². The minimum absolute atomic E-state index is 0.187. The summed E-state index contributed by atoms with van der Waals surface area (Å²) in [4.78, 5) is 0. The summed E-state index contributed by atoms with van der Waals surface area (Å²) in [6, 6.07) is 0.583. The first-order valence-electron chi connectivity index (χ1n) is 3.83. The van der Waals surface area contributed by atoms with Crippen molar-refractivity contribution in [1.82, 2.24) is 5.01 Å². The van der Waals surface area contributed by atoms with Gasteiger partial charge in [-0.05, 0) is 27.7 Å². The van der Waals surface area contributed by atoms with Crippen LogP contribution in [0.2, 0.25) is 0 Å². The molecule has 10 heavy (non-hydrogen) atoms. The highest BCUT2D eigenvalue weighted by Crippen LogP contribution is 2.21. The summed E-state index contributed by atoms with van der Waals surface area (Å²) in [5, 5.41) is 6.46. The molecule has 0 N–H and O–H groups in total. The van der Waals surface area contributed by atoms with Gasteiger partial charge in [0.25, 0.3) is 0 Å². The Morgan fingerprint density at radius 2 is 2.10 bits per heavy atom. The molecule has 2 heteroatoms. The first-order chi connectivity index (χ1) is 4.52. The number of hydrazone groups is 1. The maximum Gasteiger partial charge on any atom is 0.0498 e. The average Bonchev–Trinajstić information content (AvgIpc) is 2.11. The second-order valence-electron chi connectivity index (χ2n) is 3.90. The third-order valence-electron chi connectivity index (χ3n) is 1.76. The Bertz CT molecular complexity index is 144. The van der Waals surface area contributed by atoms with Crippen LogP contribution in [0.15, 0.2) is 5.10 Å². The molecule has 0 spiro atoms. The molecule has 0 aromatic heterocycles. The van der Waals surface area contributed by atoms with Crippen LogP contribution in [-0.2, 0) is 0 Å². The molecule has 0 saturated carbocycles. The lowest BCUT2D eigenvalue weighted by atomic mass is 10.1. The van der Waals surface area contributed by atoms with Crippen molar-refractivity contribution in [3.05, 3.63) is 0 Å². The van der Waals surface area contributed by atoms with E-state index < -0.39 is 0 Å². The first-order valence-corrected chi connectivity index (χ1v) is 3.83. The smallest absolute Gasteiger partial charge is 0.0498 e. The van der Waals surface area contributed by atoms with E-state index in [9.17, 15) is 0 Å². The molecule has 0 amide bonds. The third-order valence-corrected chi connectivity index (χ3v) is 1.76. The van der Waals surface area contributed by atoms with Gasteiger partial charge >= 0.3 is 0 Å². The summed E-state index contributed by atoms with van der Waals surface area (Å²) in [5.74, 6) is 0. The minimum Gasteiger partial charge on any atom is -0.289 e. The average molecular weight is 140 g/mol. The van der Waals surface area contributed by atoms with Crippen molar-refractivity contribution in [3.8, 4) is 0 Å². The highest BCUT2D eigenvalue weighted by atomic mass is 15.5. The predicted molar refractivity (Wildman–Crippen MR) is 44.2 cm³/mol. The molecule has 0 radical (unpaired) electrons. The SMILES string of the molecule is CC1CC=NN1C(C)(C)C. The van der Waals surface area contributed by atoms with E-state index in [1.807, 2.05) is 6.21 Å². The van der Waals surface area contributed by atoms with Gasteiger partial charge in [0.2, 0.25) is 0 Å². The topological polar surface area (TPSA) is 15.6 Å². The molecule has 0 saturated heterocycles. The van der Waals surface area contributed by atoms with Gasteiger partial charge in [0.05, 0.1) is 0 Å². The fourth-order valence-electron chi connectivity index (χ4n) is 1.34. The lowest BCUT2D eigenvalue weighted by Crippen LogP contribution is -2.40. The van der Waals surface area contributed by atoms with E-state index >= 15 is 0 Å². The zero-order chi connectivity index (χ0) is 7.78. The van der Waals surface area contributed by atoms with Gasteiger partial charge in [0, 0.05) is 24.2 Å². The van der Waals surface area contributed by atoms with Crippen LogP contribution in [0, 0.1) is 0 Å². The van der Waals surface area contributed by atoms with Gasteiger partial charge in [0.15, 0.2) is 0 Å². The summed E-state index contributed by atoms with van der Waals surface area (Å²) >= 11 is 0. The van der Waals surface area contributed by atoms with Gasteiger partial charge in [-0.1, -0.05) is 0 Å². The first kappa shape index (κ1) is 7.58. The van der Waals surface area contributed by atoms with Gasteiger partial charge in [0.1, 0.15) is 0 Å². The van der Waals surface area contributed by atoms with Crippen LogP contribution in [0.3, 0.4) is 0 Å². The summed E-state index contributed by atoms with van der Waals surface area (Å²) in [6.07, 6.45) is 3.09. The van der Waals surface area contributed by atoms with Gasteiger partial charge in [-0.2, -0.15) is 5.10 Å². The van der Waals surface area contributed by atoms with Crippen molar-refractivity contribution in [3.63, 3.8) is 0 Å². The second-order valence-corrected chi connectivity index (χ2v) is 3.90. The molecule has 0 bridgehead atoms. The standard InChI is InChI=1S/C8H16N2/c1-7-5-6-9-10(7)8(2,3)4/h6-7H,5H2,1-4H3. The Kier molecular flexibility index (Phi) is 1.71. The lowest BCUT2D eigenvalue weighted by Gasteiger charge is -2.34. The van der Waals surface area contributed by atoms with Crippen molar-refractivity contribution in [2.45, 2.75) is 45.7 Å². The Balaban J connectivity index is 2.64. The quantitative estimate of drug-likeness (QED) is 0.501. The fourth-order valence-corrected chi connectivity index (χ4v) is 1.34. The van der Waals surface area contributed by atoms with Crippen molar-refractivity contribution in [2.24, 2.45) is 5.10 Å². The minimum atomic E-state index is 0.187. The zero-order valence-electron chi connectivity index (χ0n) is 7.26. The van der Waals surface area contributed by atoms with Crippen LogP contribution in [0.5, 0.6) is 0 Å². The fraction of sp³-hybridized carbons (Fsp3) is 0.875. The molecule has 1 unspecified atom stereocenters. The van der Waals surface area contributed by atoms with Crippen molar-refractivity contribution < 1.29 is 0 Å². The maximum absolute atomic E-state index is 4.30. The summed E-state index contributed by atoms with van der Waals surface area (Å²) in [5.41, 5.74) is 0.187. The van der Waals surface area contributed by atoms with Crippen LogP contribution < -0.4 is 0 Å². The Morgan fingerprint density at radius 1 is 1.50 bits per heavy atom. The van der Waals surface area contributed by atoms with Crippen molar-refractivity contribution in [2.75, 3.05) is 0 Å². The molecule has 58 valence electrons. The molecule has 2 nitrogen and oxygen atoms in total. The van der Waals surface area contributed by atoms with Gasteiger partial charge < -0.3 is 0 Å². The normalized spacial score (nSPS) is 26.0. The van der Waals surface area contributed by atoms with Crippen LogP contribution in [0.25, 0.3) is 0 Å². The van der Waals surface area contributed by atoms with Gasteiger partial charge in [-0.25, -0.2) is 0 Å². The molecule has 0 fully saturated rings. The highest BCUT2D eigenvalue weighted by molar-refractivity contribution is 5.59. The Hall–Kier alpha value is -0.530. The van der Waals surface area contributed by atoms with E-state index in [1.54, 1.807) is 0 Å². The second kappa shape index (κ2) is 2.26. The molecule has 0 aromatic carbocycles. The van der Waals surface area contributed by atoms with E-state index in [4.69, 9.17) is 0 Å². The highest BCUT2D eigenvalue weighted by Gasteiger charge is 2.26. The molecule has 1 heterocycles. The number of nitrogens with zero attached hydrogens (tertiary/aromatic N) is 2. The predicted octanol–water partition coefficient (Wildman–Crippen LogP) is 1.86. The lowest BCUT2D eigenvalue weighted by molar-refractivity contribution is 0.113. The molecule has 1 aliphatic rings. The van der Waals surface area contributed by atoms with E-state index in [1.165, 1.54) is 0 Å². The van der Waals surface area contributed by atoms with E-state index in [2.05, 4.69) is 37.8 Å². The van der Waals surface area contributed by atoms with Gasteiger partial charge in [-0.3, -0.25) is 5.01 Å². The van der Waals surface area contributed by atoms with Crippen LogP contribution in [-0.4, -0.2) is 22.8 Å². The molecule has 0 aliphatic carbocycles. The molecule has 1 rings (SSSR count). The number of hydrogen-bond donors (Lipinski definition) is 0. The summed E-state index contributed by atoms with van der Waals surface area (Å²) in [6.45, 7) is 8.77. The zero-order valence-corrected chi connectivity index (χ0v) is 7.26. The third kappa shape index (κ3) is 1.31. The molecule has 1 aliphatic heterocycles. The van der Waals surface area contributed by atoms with Crippen LogP contribution in [0.1, 0.15) is 34.1 Å². The monoisotopic (exact) mass is 140 g/mol. The van der Waals surface area contributed by atoms with E-state index in [-0.39, 0.29) is 5.54 Å². The molecule has 0 aromatic rings. The molecule has 1 atom stereocenters. The van der Waals surface area contributed by atoms with Crippen molar-refractivity contribution >= 4 is 6.21 Å². The van der Waals surface area contributed by atoms with Gasteiger partial charge in [-0.15, -0.1) is 0 Å². The summed E-state index contributed by atoms with van der Waals surface area (Å²) in [7, 11) is 0. The maximum atomic E-state index is 4.30. The Morgan fingerprint density at radius 3 is 2.30 bits per heavy atom. The summed E-state index contributed by atoms with van der Waals surface area (Å²) < 4.78 is 0. The van der Waals surface area contributed by atoms with Crippen molar-refractivity contribution in [1.29, 1.82) is 0 Å².